The maximum absolute atomic E-state index is 12.2. The van der Waals surface area contributed by atoms with Crippen LogP contribution in [0.5, 0.6) is 5.75 Å². The summed E-state index contributed by atoms with van der Waals surface area (Å²) in [6.07, 6.45) is 1.94. The zero-order valence-corrected chi connectivity index (χ0v) is 14.3. The van der Waals surface area contributed by atoms with Gasteiger partial charge in [-0.05, 0) is 42.9 Å². The van der Waals surface area contributed by atoms with Crippen LogP contribution in [0.2, 0.25) is 0 Å². The Hall–Kier alpha value is -2.24. The number of nitrogens with zero attached hydrogens (tertiary/aromatic N) is 1. The third-order valence-corrected chi connectivity index (χ3v) is 4.48. The van der Waals surface area contributed by atoms with E-state index >= 15 is 0 Å². The number of aliphatic carboxylic acids is 1. The van der Waals surface area contributed by atoms with Gasteiger partial charge >= 0.3 is 12.0 Å². The number of amides is 2. The predicted octanol–water partition coefficient (Wildman–Crippen LogP) is 2.38. The Kier molecular flexibility index (Phi) is 6.46. The number of ether oxygens (including phenoxy) is 1. The highest BCUT2D eigenvalue weighted by atomic mass is 16.5. The zero-order valence-electron chi connectivity index (χ0n) is 14.3. The summed E-state index contributed by atoms with van der Waals surface area (Å²) in [5, 5.41) is 11.9. The fraction of sp³-hybridized carbons (Fsp3) is 0.556. The van der Waals surface area contributed by atoms with Crippen molar-refractivity contribution in [3.63, 3.8) is 0 Å². The van der Waals surface area contributed by atoms with Gasteiger partial charge in [-0.1, -0.05) is 19.1 Å². The van der Waals surface area contributed by atoms with Crippen LogP contribution in [0.1, 0.15) is 25.3 Å². The van der Waals surface area contributed by atoms with Gasteiger partial charge in [0.25, 0.3) is 0 Å². The first-order valence-electron chi connectivity index (χ1n) is 8.38. The van der Waals surface area contributed by atoms with Gasteiger partial charge < -0.3 is 20.1 Å². The second-order valence-corrected chi connectivity index (χ2v) is 6.44. The Bertz CT molecular complexity index is 551. The second kappa shape index (κ2) is 8.57. The van der Waals surface area contributed by atoms with Crippen molar-refractivity contribution in [3.8, 4) is 5.75 Å². The summed E-state index contributed by atoms with van der Waals surface area (Å²) in [7, 11) is 1.65. The number of hydrogen-bond donors (Lipinski definition) is 2. The van der Waals surface area contributed by atoms with Gasteiger partial charge in [-0.25, -0.2) is 4.79 Å². The van der Waals surface area contributed by atoms with E-state index in [1.807, 2.05) is 24.3 Å². The minimum Gasteiger partial charge on any atom is -0.497 e. The van der Waals surface area contributed by atoms with E-state index in [2.05, 4.69) is 12.2 Å². The molecule has 2 rings (SSSR count). The molecule has 0 aliphatic carbocycles. The lowest BCUT2D eigenvalue weighted by atomic mass is 9.97. The lowest BCUT2D eigenvalue weighted by Crippen LogP contribution is -2.46. The van der Waals surface area contributed by atoms with Crippen molar-refractivity contribution in [3.05, 3.63) is 29.8 Å². The van der Waals surface area contributed by atoms with E-state index in [0.717, 1.165) is 12.2 Å². The summed E-state index contributed by atoms with van der Waals surface area (Å²) in [5.74, 6) is 0.0783. The van der Waals surface area contributed by atoms with Crippen LogP contribution in [-0.4, -0.2) is 48.8 Å². The molecule has 1 aliphatic rings. The van der Waals surface area contributed by atoms with E-state index in [0.29, 0.717) is 38.4 Å². The number of benzene rings is 1. The highest BCUT2D eigenvalue weighted by molar-refractivity contribution is 5.75. The number of hydrogen-bond acceptors (Lipinski definition) is 3. The van der Waals surface area contributed by atoms with E-state index in [4.69, 9.17) is 9.84 Å². The summed E-state index contributed by atoms with van der Waals surface area (Å²) in [4.78, 5) is 24.8. The van der Waals surface area contributed by atoms with Crippen molar-refractivity contribution < 1.29 is 19.4 Å². The highest BCUT2D eigenvalue weighted by Gasteiger charge is 2.26. The van der Waals surface area contributed by atoms with Gasteiger partial charge in [0, 0.05) is 19.6 Å². The van der Waals surface area contributed by atoms with Crippen LogP contribution < -0.4 is 10.1 Å². The van der Waals surface area contributed by atoms with Crippen LogP contribution in [0.25, 0.3) is 0 Å². The van der Waals surface area contributed by atoms with E-state index in [-0.39, 0.29) is 11.9 Å². The summed E-state index contributed by atoms with van der Waals surface area (Å²) in [6.45, 7) is 3.72. The van der Waals surface area contributed by atoms with Crippen LogP contribution in [0, 0.1) is 11.8 Å². The molecule has 2 N–H and O–H groups in total. The molecule has 1 unspecified atom stereocenters. The first-order chi connectivity index (χ1) is 11.5. The first kappa shape index (κ1) is 18.1. The van der Waals surface area contributed by atoms with Gasteiger partial charge in [0.05, 0.1) is 13.0 Å². The van der Waals surface area contributed by atoms with Crippen molar-refractivity contribution in [1.29, 1.82) is 0 Å². The summed E-state index contributed by atoms with van der Waals surface area (Å²) >= 11 is 0. The molecule has 6 heteroatoms. The molecule has 0 spiro atoms. The third-order valence-electron chi connectivity index (χ3n) is 4.48. The number of carbonyl (C=O) groups excluding carboxylic acids is 1. The lowest BCUT2D eigenvalue weighted by Gasteiger charge is -2.30. The van der Waals surface area contributed by atoms with E-state index in [9.17, 15) is 9.59 Å². The molecule has 2 amide bonds. The molecule has 24 heavy (non-hydrogen) atoms. The molecule has 1 saturated heterocycles. The molecule has 6 nitrogen and oxygen atoms in total. The maximum Gasteiger partial charge on any atom is 0.317 e. The summed E-state index contributed by atoms with van der Waals surface area (Å²) in [6, 6.07) is 7.85. The Morgan fingerprint density at radius 1 is 1.29 bits per heavy atom. The van der Waals surface area contributed by atoms with Crippen molar-refractivity contribution >= 4 is 12.0 Å². The molecule has 1 aromatic rings. The van der Waals surface area contributed by atoms with Crippen molar-refractivity contribution in [1.82, 2.24) is 10.2 Å². The number of carbonyl (C=O) groups is 2. The van der Waals surface area contributed by atoms with E-state index in [1.54, 1.807) is 12.0 Å². The smallest absolute Gasteiger partial charge is 0.317 e. The molecule has 0 saturated carbocycles. The number of methoxy groups -OCH3 is 1. The number of carboxylic acid groups (broad SMARTS) is 1. The fourth-order valence-corrected chi connectivity index (χ4v) is 2.94. The number of rotatable bonds is 6. The summed E-state index contributed by atoms with van der Waals surface area (Å²) < 4.78 is 5.14. The molecule has 132 valence electrons. The molecule has 0 aromatic heterocycles. The van der Waals surface area contributed by atoms with E-state index < -0.39 is 5.97 Å². The predicted molar refractivity (Wildman–Crippen MR) is 91.2 cm³/mol. The summed E-state index contributed by atoms with van der Waals surface area (Å²) in [5.41, 5.74) is 1.21. The number of piperidine rings is 1. The van der Waals surface area contributed by atoms with E-state index in [1.165, 1.54) is 5.56 Å². The van der Waals surface area contributed by atoms with Crippen LogP contribution in [0.15, 0.2) is 24.3 Å². The van der Waals surface area contributed by atoms with Crippen LogP contribution >= 0.6 is 0 Å². The topological polar surface area (TPSA) is 78.9 Å². The number of likely N-dealkylation sites (tertiary alicyclic amines) is 1. The minimum absolute atomic E-state index is 0.0968. The molecule has 1 aliphatic heterocycles. The van der Waals surface area contributed by atoms with Crippen LogP contribution in [-0.2, 0) is 11.2 Å². The Morgan fingerprint density at radius 2 is 1.92 bits per heavy atom. The van der Waals surface area contributed by atoms with Gasteiger partial charge in [0.1, 0.15) is 5.75 Å². The number of carboxylic acids is 1. The molecular formula is C18H26N2O4. The molecule has 1 atom stereocenters. The lowest BCUT2D eigenvalue weighted by molar-refractivity contribution is -0.143. The van der Waals surface area contributed by atoms with Crippen LogP contribution in [0.4, 0.5) is 4.79 Å². The largest absolute Gasteiger partial charge is 0.497 e. The SMILES string of the molecule is COc1ccc(CC(C)CNC(=O)N2CCC(C(=O)O)CC2)cc1. The Morgan fingerprint density at radius 3 is 2.46 bits per heavy atom. The van der Waals surface area contributed by atoms with Crippen molar-refractivity contribution in [2.45, 2.75) is 26.2 Å². The normalized spacial score (nSPS) is 16.5. The monoisotopic (exact) mass is 334 g/mol. The van der Waals surface area contributed by atoms with Gasteiger partial charge in [0.15, 0.2) is 0 Å². The Labute approximate surface area is 142 Å². The third kappa shape index (κ3) is 5.15. The molecule has 1 aromatic carbocycles. The molecule has 0 radical (unpaired) electrons. The standard InChI is InChI=1S/C18H26N2O4/c1-13(11-14-3-5-16(24-2)6-4-14)12-19-18(23)20-9-7-15(8-10-20)17(21)22/h3-6,13,15H,7-12H2,1-2H3,(H,19,23)(H,21,22). The molecule has 1 fully saturated rings. The number of urea groups is 1. The van der Waals surface area contributed by atoms with Crippen LogP contribution in [0.3, 0.4) is 0 Å². The first-order valence-corrected chi connectivity index (χ1v) is 8.38. The number of nitrogens with one attached hydrogen (secondary N) is 1. The molecular weight excluding hydrogens is 308 g/mol. The maximum atomic E-state index is 12.2. The average molecular weight is 334 g/mol. The van der Waals surface area contributed by atoms with Gasteiger partial charge in [-0.2, -0.15) is 0 Å². The van der Waals surface area contributed by atoms with Crippen molar-refractivity contribution in [2.24, 2.45) is 11.8 Å². The molecule has 0 bridgehead atoms. The minimum atomic E-state index is -0.761. The Balaban J connectivity index is 1.72. The van der Waals surface area contributed by atoms with Gasteiger partial charge in [-0.15, -0.1) is 0 Å². The average Bonchev–Trinajstić information content (AvgIpc) is 2.60. The zero-order chi connectivity index (χ0) is 17.5. The van der Waals surface area contributed by atoms with Crippen molar-refractivity contribution in [2.75, 3.05) is 26.7 Å². The van der Waals surface area contributed by atoms with Gasteiger partial charge in [0.2, 0.25) is 0 Å². The highest BCUT2D eigenvalue weighted by Crippen LogP contribution is 2.17. The molecule has 1 heterocycles. The van der Waals surface area contributed by atoms with Gasteiger partial charge in [-0.3, -0.25) is 4.79 Å². The fourth-order valence-electron chi connectivity index (χ4n) is 2.94. The second-order valence-electron chi connectivity index (χ2n) is 6.44. The quantitative estimate of drug-likeness (QED) is 0.837.